The van der Waals surface area contributed by atoms with E-state index in [-0.39, 0.29) is 0 Å². The lowest BCUT2D eigenvalue weighted by atomic mass is 10.1. The molecule has 0 bridgehead atoms. The second-order valence-electron chi connectivity index (χ2n) is 4.42. The molecule has 0 saturated carbocycles. The number of rotatable bonds is 4. The molecule has 0 aromatic heterocycles. The molecule has 0 amide bonds. The molecular formula is C14H23N3O. The van der Waals surface area contributed by atoms with Crippen molar-refractivity contribution >= 4 is 5.96 Å². The molecule has 0 aliphatic carbocycles. The highest BCUT2D eigenvalue weighted by Crippen LogP contribution is 2.18. The molecular weight excluding hydrogens is 226 g/mol. The molecule has 0 aliphatic heterocycles. The number of hydrogen-bond acceptors (Lipinski definition) is 2. The Kier molecular flexibility index (Phi) is 5.49. The average Bonchev–Trinajstić information content (AvgIpc) is 2.36. The van der Waals surface area contributed by atoms with E-state index in [4.69, 9.17) is 4.74 Å². The van der Waals surface area contributed by atoms with E-state index < -0.39 is 0 Å². The molecule has 4 heteroatoms. The summed E-state index contributed by atoms with van der Waals surface area (Å²) in [4.78, 5) is 6.14. The van der Waals surface area contributed by atoms with Gasteiger partial charge in [0, 0.05) is 27.7 Å². The Labute approximate surface area is 110 Å². The third-order valence-corrected chi connectivity index (χ3v) is 2.80. The second-order valence-corrected chi connectivity index (χ2v) is 4.42. The van der Waals surface area contributed by atoms with E-state index in [1.165, 1.54) is 11.1 Å². The summed E-state index contributed by atoms with van der Waals surface area (Å²) in [5.41, 5.74) is 2.43. The van der Waals surface area contributed by atoms with Gasteiger partial charge in [-0.15, -0.1) is 0 Å². The van der Waals surface area contributed by atoms with E-state index in [0.29, 0.717) is 0 Å². The Morgan fingerprint density at radius 2 is 2.11 bits per heavy atom. The van der Waals surface area contributed by atoms with Crippen LogP contribution in [0.15, 0.2) is 23.2 Å². The van der Waals surface area contributed by atoms with Crippen LogP contribution in [0.4, 0.5) is 0 Å². The standard InChI is InChI=1S/C14H23N3O/c1-11-6-7-12(10-13(11)18-5)8-9-16-14(15-2)17(3)4/h6-7,10H,8-9H2,1-5H3,(H,15,16). The van der Waals surface area contributed by atoms with Gasteiger partial charge in [-0.05, 0) is 30.5 Å². The van der Waals surface area contributed by atoms with Crippen molar-refractivity contribution in [1.29, 1.82) is 0 Å². The minimum Gasteiger partial charge on any atom is -0.496 e. The van der Waals surface area contributed by atoms with E-state index >= 15 is 0 Å². The molecule has 1 N–H and O–H groups in total. The summed E-state index contributed by atoms with van der Waals surface area (Å²) in [7, 11) is 7.45. The lowest BCUT2D eigenvalue weighted by Crippen LogP contribution is -2.37. The van der Waals surface area contributed by atoms with E-state index in [9.17, 15) is 0 Å². The minimum absolute atomic E-state index is 0.858. The molecule has 0 heterocycles. The molecule has 0 saturated heterocycles. The summed E-state index contributed by atoms with van der Waals surface area (Å²) in [6.07, 6.45) is 0.948. The number of ether oxygens (including phenoxy) is 1. The summed E-state index contributed by atoms with van der Waals surface area (Å²) >= 11 is 0. The SMILES string of the molecule is CN=C(NCCc1ccc(C)c(OC)c1)N(C)C. The van der Waals surface area contributed by atoms with Gasteiger partial charge in [-0.1, -0.05) is 12.1 Å². The van der Waals surface area contributed by atoms with Crippen LogP contribution in [0, 0.1) is 6.92 Å². The maximum Gasteiger partial charge on any atom is 0.193 e. The van der Waals surface area contributed by atoms with E-state index in [1.54, 1.807) is 14.2 Å². The zero-order valence-electron chi connectivity index (χ0n) is 11.9. The van der Waals surface area contributed by atoms with E-state index in [1.807, 2.05) is 19.0 Å². The molecule has 1 aromatic carbocycles. The fourth-order valence-corrected chi connectivity index (χ4v) is 1.78. The molecule has 0 unspecified atom stereocenters. The van der Waals surface area contributed by atoms with Crippen molar-refractivity contribution in [2.24, 2.45) is 4.99 Å². The van der Waals surface area contributed by atoms with Crippen LogP contribution in [0.1, 0.15) is 11.1 Å². The average molecular weight is 249 g/mol. The van der Waals surface area contributed by atoms with Crippen molar-refractivity contribution in [3.63, 3.8) is 0 Å². The van der Waals surface area contributed by atoms with Crippen LogP contribution in [-0.4, -0.2) is 45.7 Å². The monoisotopic (exact) mass is 249 g/mol. The number of methoxy groups -OCH3 is 1. The smallest absolute Gasteiger partial charge is 0.193 e. The second kappa shape index (κ2) is 6.89. The fourth-order valence-electron chi connectivity index (χ4n) is 1.78. The summed E-state index contributed by atoms with van der Waals surface area (Å²) in [5, 5.41) is 3.30. The van der Waals surface area contributed by atoms with Gasteiger partial charge in [0.15, 0.2) is 5.96 Å². The van der Waals surface area contributed by atoms with Crippen LogP contribution in [0.3, 0.4) is 0 Å². The van der Waals surface area contributed by atoms with Crippen molar-refractivity contribution in [1.82, 2.24) is 10.2 Å². The normalized spacial score (nSPS) is 11.3. The third kappa shape index (κ3) is 3.95. The first-order valence-corrected chi connectivity index (χ1v) is 6.10. The van der Waals surface area contributed by atoms with Gasteiger partial charge < -0.3 is 15.0 Å². The highest BCUT2D eigenvalue weighted by molar-refractivity contribution is 5.79. The van der Waals surface area contributed by atoms with Crippen LogP contribution >= 0.6 is 0 Å². The van der Waals surface area contributed by atoms with E-state index in [2.05, 4.69) is 35.4 Å². The molecule has 0 aliphatic rings. The Balaban J connectivity index is 2.54. The number of benzene rings is 1. The molecule has 4 nitrogen and oxygen atoms in total. The maximum absolute atomic E-state index is 5.32. The molecule has 0 fully saturated rings. The number of hydrogen-bond donors (Lipinski definition) is 1. The van der Waals surface area contributed by atoms with Gasteiger partial charge in [-0.2, -0.15) is 0 Å². The number of nitrogens with one attached hydrogen (secondary N) is 1. The zero-order chi connectivity index (χ0) is 13.5. The van der Waals surface area contributed by atoms with Crippen molar-refractivity contribution in [2.75, 3.05) is 34.8 Å². The van der Waals surface area contributed by atoms with Crippen LogP contribution in [-0.2, 0) is 6.42 Å². The summed E-state index contributed by atoms with van der Waals surface area (Å²) in [6, 6.07) is 6.32. The molecule has 100 valence electrons. The Morgan fingerprint density at radius 3 is 2.67 bits per heavy atom. The summed E-state index contributed by atoms with van der Waals surface area (Å²) in [6.45, 7) is 2.91. The van der Waals surface area contributed by atoms with Gasteiger partial charge in [0.2, 0.25) is 0 Å². The third-order valence-electron chi connectivity index (χ3n) is 2.80. The quantitative estimate of drug-likeness (QED) is 0.651. The molecule has 18 heavy (non-hydrogen) atoms. The molecule has 0 atom stereocenters. The van der Waals surface area contributed by atoms with Gasteiger partial charge >= 0.3 is 0 Å². The number of aryl methyl sites for hydroxylation is 1. The van der Waals surface area contributed by atoms with Crippen LogP contribution in [0.2, 0.25) is 0 Å². The molecule has 1 aromatic rings. The number of nitrogens with zero attached hydrogens (tertiary/aromatic N) is 2. The number of aliphatic imine (C=N–C) groups is 1. The maximum atomic E-state index is 5.32. The van der Waals surface area contributed by atoms with Crippen LogP contribution in [0.5, 0.6) is 5.75 Å². The highest BCUT2D eigenvalue weighted by atomic mass is 16.5. The largest absolute Gasteiger partial charge is 0.496 e. The Hall–Kier alpha value is -1.71. The zero-order valence-corrected chi connectivity index (χ0v) is 11.9. The minimum atomic E-state index is 0.858. The van der Waals surface area contributed by atoms with Crippen molar-refractivity contribution < 1.29 is 4.74 Å². The fraction of sp³-hybridized carbons (Fsp3) is 0.500. The van der Waals surface area contributed by atoms with Gasteiger partial charge in [0.25, 0.3) is 0 Å². The Bertz CT molecular complexity index is 414. The van der Waals surface area contributed by atoms with Crippen LogP contribution in [0.25, 0.3) is 0 Å². The molecule has 0 radical (unpaired) electrons. The Morgan fingerprint density at radius 1 is 1.39 bits per heavy atom. The topological polar surface area (TPSA) is 36.9 Å². The van der Waals surface area contributed by atoms with Crippen molar-refractivity contribution in [3.8, 4) is 5.75 Å². The van der Waals surface area contributed by atoms with Crippen molar-refractivity contribution in [2.45, 2.75) is 13.3 Å². The highest BCUT2D eigenvalue weighted by Gasteiger charge is 2.02. The molecule has 1 rings (SSSR count). The first kappa shape index (κ1) is 14.4. The predicted molar refractivity (Wildman–Crippen MR) is 76.5 cm³/mol. The van der Waals surface area contributed by atoms with Crippen LogP contribution < -0.4 is 10.1 Å². The lowest BCUT2D eigenvalue weighted by Gasteiger charge is -2.17. The lowest BCUT2D eigenvalue weighted by molar-refractivity contribution is 0.411. The number of guanidine groups is 1. The first-order chi connectivity index (χ1) is 8.58. The summed E-state index contributed by atoms with van der Waals surface area (Å²) in [5.74, 6) is 1.85. The first-order valence-electron chi connectivity index (χ1n) is 6.10. The molecule has 0 spiro atoms. The van der Waals surface area contributed by atoms with Crippen molar-refractivity contribution in [3.05, 3.63) is 29.3 Å². The van der Waals surface area contributed by atoms with Gasteiger partial charge in [-0.3, -0.25) is 4.99 Å². The predicted octanol–water partition coefficient (Wildman–Crippen LogP) is 1.68. The van der Waals surface area contributed by atoms with Gasteiger partial charge in [0.1, 0.15) is 5.75 Å². The van der Waals surface area contributed by atoms with Gasteiger partial charge in [0.05, 0.1) is 7.11 Å². The van der Waals surface area contributed by atoms with E-state index in [0.717, 1.165) is 24.7 Å². The summed E-state index contributed by atoms with van der Waals surface area (Å²) < 4.78 is 5.32. The van der Waals surface area contributed by atoms with Gasteiger partial charge in [-0.25, -0.2) is 0 Å².